The fourth-order valence-electron chi connectivity index (χ4n) is 1.93. The quantitative estimate of drug-likeness (QED) is 0.433. The van der Waals surface area contributed by atoms with Crippen molar-refractivity contribution in [3.8, 4) is 0 Å². The Morgan fingerprint density at radius 1 is 1.24 bits per heavy atom. The van der Waals surface area contributed by atoms with E-state index >= 15 is 0 Å². The second-order valence-electron chi connectivity index (χ2n) is 4.07. The van der Waals surface area contributed by atoms with E-state index in [1.165, 1.54) is 6.34 Å². The van der Waals surface area contributed by atoms with Crippen LogP contribution in [0.25, 0.3) is 0 Å². The molecule has 0 aliphatic carbocycles. The van der Waals surface area contributed by atoms with Gasteiger partial charge in [0.25, 0.3) is 0 Å². The summed E-state index contributed by atoms with van der Waals surface area (Å²) >= 11 is 0. The first kappa shape index (κ1) is 12.5. The van der Waals surface area contributed by atoms with Crippen LogP contribution >= 0.6 is 0 Å². The summed E-state index contributed by atoms with van der Waals surface area (Å²) in [6.07, 6.45) is -0.814. The van der Waals surface area contributed by atoms with Crippen molar-refractivity contribution in [2.45, 2.75) is 30.6 Å². The Labute approximate surface area is 98.3 Å². The molecule has 96 valence electrons. The lowest BCUT2D eigenvalue weighted by Crippen LogP contribution is -2.63. The normalized spacial score (nSPS) is 41.9. The Kier molecular flexibility index (Phi) is 3.75. The molecule has 1 fully saturated rings. The fourth-order valence-corrected chi connectivity index (χ4v) is 1.93. The molecule has 2 heterocycles. The highest BCUT2D eigenvalue weighted by molar-refractivity contribution is 5.58. The van der Waals surface area contributed by atoms with E-state index in [0.29, 0.717) is 6.54 Å². The van der Waals surface area contributed by atoms with Gasteiger partial charge in [-0.15, -0.1) is 0 Å². The van der Waals surface area contributed by atoms with Crippen LogP contribution in [0.15, 0.2) is 17.3 Å². The zero-order valence-corrected chi connectivity index (χ0v) is 9.12. The summed E-state index contributed by atoms with van der Waals surface area (Å²) in [4.78, 5) is 5.47. The summed E-state index contributed by atoms with van der Waals surface area (Å²) in [7, 11) is 0. The van der Waals surface area contributed by atoms with Crippen LogP contribution in [-0.2, 0) is 4.74 Å². The van der Waals surface area contributed by atoms with Crippen molar-refractivity contribution >= 4 is 6.34 Å². The number of ether oxygens (including phenoxy) is 1. The molecule has 0 aromatic heterocycles. The molecule has 7 heteroatoms. The monoisotopic (exact) mass is 244 g/mol. The van der Waals surface area contributed by atoms with Crippen molar-refractivity contribution in [3.63, 3.8) is 0 Å². The van der Waals surface area contributed by atoms with Crippen LogP contribution in [0.1, 0.15) is 0 Å². The van der Waals surface area contributed by atoms with Crippen molar-refractivity contribution in [2.75, 3.05) is 13.2 Å². The van der Waals surface area contributed by atoms with E-state index in [1.807, 2.05) is 0 Å². The van der Waals surface area contributed by atoms with E-state index in [9.17, 15) is 15.3 Å². The molecule has 2 aliphatic heterocycles. The topological polar surface area (TPSA) is 106 Å². The van der Waals surface area contributed by atoms with E-state index < -0.39 is 37.3 Å². The Morgan fingerprint density at radius 2 is 2.00 bits per heavy atom. The Morgan fingerprint density at radius 3 is 2.59 bits per heavy atom. The van der Waals surface area contributed by atoms with Gasteiger partial charge in [-0.2, -0.15) is 0 Å². The second kappa shape index (κ2) is 5.11. The highest BCUT2D eigenvalue weighted by Crippen LogP contribution is 2.23. The van der Waals surface area contributed by atoms with E-state index in [4.69, 9.17) is 9.84 Å². The fraction of sp³-hybridized carbons (Fsp3) is 0.700. The van der Waals surface area contributed by atoms with E-state index in [2.05, 4.69) is 4.99 Å². The summed E-state index contributed by atoms with van der Waals surface area (Å²) in [5.41, 5.74) is 0. The number of aliphatic hydroxyl groups excluding tert-OH is 4. The predicted octanol–water partition coefficient (Wildman–Crippen LogP) is -2.36. The number of rotatable bonds is 2. The number of hydrogen-bond donors (Lipinski definition) is 4. The van der Waals surface area contributed by atoms with Gasteiger partial charge in [0.05, 0.1) is 12.9 Å². The summed E-state index contributed by atoms with van der Waals surface area (Å²) in [5.74, 6) is 0. The van der Waals surface area contributed by atoms with Crippen LogP contribution in [0.5, 0.6) is 0 Å². The van der Waals surface area contributed by atoms with Crippen molar-refractivity contribution < 1.29 is 25.2 Å². The molecule has 0 bridgehead atoms. The molecule has 0 unspecified atom stereocenters. The lowest BCUT2D eigenvalue weighted by Gasteiger charge is -2.44. The lowest BCUT2D eigenvalue weighted by atomic mass is 9.98. The minimum Gasteiger partial charge on any atom is -0.394 e. The van der Waals surface area contributed by atoms with Crippen molar-refractivity contribution in [2.24, 2.45) is 4.99 Å². The summed E-state index contributed by atoms with van der Waals surface area (Å²) in [5, 5.41) is 38.1. The van der Waals surface area contributed by atoms with Crippen molar-refractivity contribution in [3.05, 3.63) is 12.3 Å². The molecule has 17 heavy (non-hydrogen) atoms. The van der Waals surface area contributed by atoms with Gasteiger partial charge in [0.2, 0.25) is 0 Å². The minimum absolute atomic E-state index is 0.428. The molecule has 0 radical (unpaired) electrons. The van der Waals surface area contributed by atoms with Crippen LogP contribution in [0.2, 0.25) is 0 Å². The maximum atomic E-state index is 9.83. The van der Waals surface area contributed by atoms with Crippen molar-refractivity contribution in [1.29, 1.82) is 0 Å². The van der Waals surface area contributed by atoms with Crippen LogP contribution in [0.4, 0.5) is 0 Å². The first-order valence-corrected chi connectivity index (χ1v) is 5.39. The highest BCUT2D eigenvalue weighted by Gasteiger charge is 2.45. The summed E-state index contributed by atoms with van der Waals surface area (Å²) < 4.78 is 5.36. The standard InChI is InChI=1S/C10H16N2O5/c13-4-6-7(14)8(15)9(16)10(17-6)12-3-1-2-11-5-12/h1-2,5-10,13-16H,3-4H2/t6-,7-,8+,9-,10-/m1/s1. The Bertz CT molecular complexity index is 320. The van der Waals surface area contributed by atoms with Gasteiger partial charge in [-0.1, -0.05) is 0 Å². The number of aliphatic hydroxyl groups is 4. The number of aliphatic imine (C=N–C) groups is 1. The van der Waals surface area contributed by atoms with Crippen LogP contribution < -0.4 is 0 Å². The second-order valence-corrected chi connectivity index (χ2v) is 4.07. The number of hydrogen-bond acceptors (Lipinski definition) is 7. The molecular formula is C10H16N2O5. The zero-order chi connectivity index (χ0) is 12.4. The van der Waals surface area contributed by atoms with Gasteiger partial charge in [-0.25, -0.2) is 4.99 Å². The van der Waals surface area contributed by atoms with Gasteiger partial charge in [-0.05, 0) is 6.08 Å². The third-order valence-corrected chi connectivity index (χ3v) is 2.92. The molecule has 5 atom stereocenters. The van der Waals surface area contributed by atoms with Gasteiger partial charge in [0.15, 0.2) is 6.23 Å². The molecular weight excluding hydrogens is 228 g/mol. The average Bonchev–Trinajstić information content (AvgIpc) is 2.37. The predicted molar refractivity (Wildman–Crippen MR) is 58.1 cm³/mol. The van der Waals surface area contributed by atoms with Gasteiger partial charge < -0.3 is 30.1 Å². The van der Waals surface area contributed by atoms with Gasteiger partial charge >= 0.3 is 0 Å². The average molecular weight is 244 g/mol. The Balaban J connectivity index is 2.11. The summed E-state index contributed by atoms with van der Waals surface area (Å²) in [6, 6.07) is 0. The van der Waals surface area contributed by atoms with E-state index in [1.54, 1.807) is 17.2 Å². The molecule has 2 rings (SSSR count). The number of nitrogens with zero attached hydrogens (tertiary/aromatic N) is 2. The maximum Gasteiger partial charge on any atom is 0.160 e. The van der Waals surface area contributed by atoms with E-state index in [0.717, 1.165) is 0 Å². The summed E-state index contributed by atoms with van der Waals surface area (Å²) in [6.45, 7) is 0.0501. The molecule has 4 N–H and O–H groups in total. The van der Waals surface area contributed by atoms with Gasteiger partial charge in [0, 0.05) is 12.7 Å². The van der Waals surface area contributed by atoms with Gasteiger partial charge in [-0.3, -0.25) is 0 Å². The van der Waals surface area contributed by atoms with Crippen LogP contribution in [-0.4, -0.2) is 75.5 Å². The third kappa shape index (κ3) is 2.33. The van der Waals surface area contributed by atoms with Crippen LogP contribution in [0, 0.1) is 0 Å². The molecule has 7 nitrogen and oxygen atoms in total. The molecule has 2 aliphatic rings. The molecule has 0 spiro atoms. The SMILES string of the molecule is OC[C@H]1O[C@@H](N2C=NC=CC2)[C@H](O)[C@@H](O)[C@@H]1O. The maximum absolute atomic E-state index is 9.83. The van der Waals surface area contributed by atoms with E-state index in [-0.39, 0.29) is 0 Å². The zero-order valence-electron chi connectivity index (χ0n) is 9.12. The smallest absolute Gasteiger partial charge is 0.160 e. The molecule has 0 aromatic rings. The molecule has 1 saturated heterocycles. The lowest BCUT2D eigenvalue weighted by molar-refractivity contribution is -0.253. The van der Waals surface area contributed by atoms with Crippen LogP contribution in [0.3, 0.4) is 0 Å². The first-order valence-electron chi connectivity index (χ1n) is 5.39. The molecule has 0 saturated carbocycles. The first-order chi connectivity index (χ1) is 8.15. The highest BCUT2D eigenvalue weighted by atomic mass is 16.6. The van der Waals surface area contributed by atoms with Gasteiger partial charge in [0.1, 0.15) is 24.4 Å². The Hall–Kier alpha value is -0.990. The molecule has 0 amide bonds. The van der Waals surface area contributed by atoms with Crippen molar-refractivity contribution in [1.82, 2.24) is 4.90 Å². The third-order valence-electron chi connectivity index (χ3n) is 2.92. The largest absolute Gasteiger partial charge is 0.394 e. The minimum atomic E-state index is -1.36. The molecule has 0 aromatic carbocycles.